The van der Waals surface area contributed by atoms with Gasteiger partial charge in [0.15, 0.2) is 0 Å². The first-order valence-corrected chi connectivity index (χ1v) is 3.90. The van der Waals surface area contributed by atoms with E-state index in [9.17, 15) is 13.2 Å². The molecule has 0 aliphatic rings. The molecule has 0 saturated heterocycles. The fourth-order valence-corrected chi connectivity index (χ4v) is 0.777. The Morgan fingerprint density at radius 3 is 2.00 bits per heavy atom. The standard InChI is InChI=1S/C4H7NO5S.Na.H/c1-2(3(5)6)4(7)11(8,9)10;;/h4,7H,1H2,(H2,5,6)(H,8,9,10);;/q;+1;-1. The van der Waals surface area contributed by atoms with Gasteiger partial charge in [0.2, 0.25) is 11.3 Å². The third-order valence-electron chi connectivity index (χ3n) is 0.897. The van der Waals surface area contributed by atoms with E-state index < -0.39 is 27.0 Å². The zero-order valence-corrected chi connectivity index (χ0v) is 9.21. The third kappa shape index (κ3) is 4.19. The van der Waals surface area contributed by atoms with Crippen LogP contribution in [0.25, 0.3) is 0 Å². The van der Waals surface area contributed by atoms with Crippen molar-refractivity contribution >= 4 is 16.0 Å². The van der Waals surface area contributed by atoms with Gasteiger partial charge in [-0.25, -0.2) is 0 Å². The summed E-state index contributed by atoms with van der Waals surface area (Å²) >= 11 is 0. The molecule has 0 fully saturated rings. The molecule has 0 heterocycles. The fourth-order valence-electron chi connectivity index (χ4n) is 0.301. The number of aliphatic hydroxyl groups excluding tert-OH is 1. The van der Waals surface area contributed by atoms with Crippen molar-refractivity contribution in [3.63, 3.8) is 0 Å². The van der Waals surface area contributed by atoms with Crippen molar-refractivity contribution in [3.05, 3.63) is 12.2 Å². The van der Waals surface area contributed by atoms with E-state index in [2.05, 4.69) is 12.3 Å². The van der Waals surface area contributed by atoms with E-state index in [0.29, 0.717) is 0 Å². The zero-order chi connectivity index (χ0) is 9.23. The molecular weight excluding hydrogens is 197 g/mol. The van der Waals surface area contributed by atoms with E-state index in [0.717, 1.165) is 0 Å². The van der Waals surface area contributed by atoms with E-state index >= 15 is 0 Å². The Kier molecular flexibility index (Phi) is 6.02. The number of amides is 1. The number of primary amides is 1. The van der Waals surface area contributed by atoms with Crippen LogP contribution >= 0.6 is 0 Å². The molecular formula is C4H8NNaO5S. The molecule has 6 nitrogen and oxygen atoms in total. The molecule has 0 spiro atoms. The third-order valence-corrected chi connectivity index (χ3v) is 1.75. The molecule has 12 heavy (non-hydrogen) atoms. The van der Waals surface area contributed by atoms with Crippen LogP contribution in [0.3, 0.4) is 0 Å². The van der Waals surface area contributed by atoms with E-state index in [1.165, 1.54) is 0 Å². The molecule has 0 radical (unpaired) electrons. The Hall–Kier alpha value is 0.0800. The molecule has 0 aromatic carbocycles. The van der Waals surface area contributed by atoms with Crippen LogP contribution in [-0.2, 0) is 14.9 Å². The van der Waals surface area contributed by atoms with Gasteiger partial charge in [0.1, 0.15) is 0 Å². The van der Waals surface area contributed by atoms with Gasteiger partial charge in [0, 0.05) is 0 Å². The summed E-state index contributed by atoms with van der Waals surface area (Å²) in [7, 11) is -4.69. The van der Waals surface area contributed by atoms with Crippen LogP contribution in [0, 0.1) is 0 Å². The van der Waals surface area contributed by atoms with Gasteiger partial charge in [-0.15, -0.1) is 0 Å². The van der Waals surface area contributed by atoms with Crippen molar-refractivity contribution in [2.24, 2.45) is 5.73 Å². The Balaban J connectivity index is -0.000000500. The van der Waals surface area contributed by atoms with Crippen molar-refractivity contribution < 1.29 is 53.9 Å². The first kappa shape index (κ1) is 14.6. The number of hydrogen-bond acceptors (Lipinski definition) is 4. The van der Waals surface area contributed by atoms with E-state index in [-0.39, 0.29) is 31.0 Å². The maximum Gasteiger partial charge on any atom is 1.00 e. The summed E-state index contributed by atoms with van der Waals surface area (Å²) < 4.78 is 28.4. The first-order valence-electron chi connectivity index (χ1n) is 2.39. The van der Waals surface area contributed by atoms with E-state index in [1.807, 2.05) is 0 Å². The summed E-state index contributed by atoms with van der Waals surface area (Å²) in [6, 6.07) is 0. The molecule has 0 aliphatic carbocycles. The van der Waals surface area contributed by atoms with E-state index in [1.54, 1.807) is 0 Å². The summed E-state index contributed by atoms with van der Waals surface area (Å²) in [4.78, 5) is 10.2. The normalized spacial score (nSPS) is 12.8. The molecule has 1 atom stereocenters. The number of carbonyl (C=O) groups excluding carboxylic acids is 1. The monoisotopic (exact) mass is 205 g/mol. The Morgan fingerprint density at radius 2 is 1.92 bits per heavy atom. The molecule has 1 amide bonds. The predicted octanol–water partition coefficient (Wildman–Crippen LogP) is -4.65. The number of aliphatic hydroxyl groups is 1. The van der Waals surface area contributed by atoms with Crippen LogP contribution in [0.5, 0.6) is 0 Å². The molecule has 0 aromatic rings. The molecule has 0 rings (SSSR count). The number of carbonyl (C=O) groups is 1. The van der Waals surface area contributed by atoms with Crippen molar-refractivity contribution in [2.75, 3.05) is 0 Å². The van der Waals surface area contributed by atoms with Gasteiger partial charge in [0.05, 0.1) is 5.57 Å². The second-order valence-electron chi connectivity index (χ2n) is 1.76. The second-order valence-corrected chi connectivity index (χ2v) is 3.23. The summed E-state index contributed by atoms with van der Waals surface area (Å²) in [5.41, 5.74) is 1.46. The largest absolute Gasteiger partial charge is 1.00 e. The van der Waals surface area contributed by atoms with Gasteiger partial charge in [-0.05, 0) is 0 Å². The van der Waals surface area contributed by atoms with Crippen LogP contribution in [-0.4, -0.2) is 29.4 Å². The van der Waals surface area contributed by atoms with Crippen LogP contribution < -0.4 is 35.3 Å². The van der Waals surface area contributed by atoms with Crippen LogP contribution in [0.4, 0.5) is 0 Å². The SMILES string of the molecule is C=C(C(N)=O)C(O)S(=O)(=O)O.[H-].[Na+]. The molecule has 66 valence electrons. The van der Waals surface area contributed by atoms with Crippen molar-refractivity contribution in [1.29, 1.82) is 0 Å². The van der Waals surface area contributed by atoms with Gasteiger partial charge in [-0.3, -0.25) is 9.35 Å². The van der Waals surface area contributed by atoms with Gasteiger partial charge < -0.3 is 12.3 Å². The fraction of sp³-hybridized carbons (Fsp3) is 0.250. The number of rotatable bonds is 3. The Morgan fingerprint density at radius 1 is 1.58 bits per heavy atom. The van der Waals surface area contributed by atoms with Gasteiger partial charge >= 0.3 is 29.6 Å². The maximum atomic E-state index is 10.2. The van der Waals surface area contributed by atoms with Gasteiger partial charge in [-0.2, -0.15) is 8.42 Å². The van der Waals surface area contributed by atoms with Crippen LogP contribution in [0.1, 0.15) is 1.43 Å². The smallest absolute Gasteiger partial charge is 1.00 e. The average molecular weight is 205 g/mol. The Labute approximate surface area is 93.0 Å². The molecule has 0 aromatic heterocycles. The van der Waals surface area contributed by atoms with Gasteiger partial charge in [-0.1, -0.05) is 6.58 Å². The van der Waals surface area contributed by atoms with E-state index in [4.69, 9.17) is 9.66 Å². The quantitative estimate of drug-likeness (QED) is 0.243. The topological polar surface area (TPSA) is 118 Å². The maximum absolute atomic E-state index is 10.2. The molecule has 0 saturated carbocycles. The average Bonchev–Trinajstić information content (AvgIpc) is 1.82. The van der Waals surface area contributed by atoms with Crippen LogP contribution in [0.2, 0.25) is 0 Å². The molecule has 0 aliphatic heterocycles. The minimum Gasteiger partial charge on any atom is -1.00 e. The second kappa shape index (κ2) is 4.95. The predicted molar refractivity (Wildman–Crippen MR) is 37.0 cm³/mol. The first-order chi connectivity index (χ1) is 4.76. The summed E-state index contributed by atoms with van der Waals surface area (Å²) in [6.45, 7) is 2.86. The van der Waals surface area contributed by atoms with Crippen molar-refractivity contribution in [2.45, 2.75) is 5.44 Å². The Bertz CT molecular complexity index is 289. The van der Waals surface area contributed by atoms with Crippen LogP contribution in [0.15, 0.2) is 12.2 Å². The zero-order valence-electron chi connectivity index (χ0n) is 7.39. The molecule has 1 unspecified atom stereocenters. The number of nitrogens with two attached hydrogens (primary N) is 1. The minimum atomic E-state index is -4.69. The van der Waals surface area contributed by atoms with Gasteiger partial charge in [0.25, 0.3) is 10.1 Å². The molecule has 0 bridgehead atoms. The minimum absolute atomic E-state index is 0. The summed E-state index contributed by atoms with van der Waals surface area (Å²) in [5, 5.41) is 8.59. The summed E-state index contributed by atoms with van der Waals surface area (Å²) in [5.74, 6) is -1.19. The molecule has 8 heteroatoms. The molecule has 4 N–H and O–H groups in total. The van der Waals surface area contributed by atoms with Crippen molar-refractivity contribution in [3.8, 4) is 0 Å². The van der Waals surface area contributed by atoms with Crippen molar-refractivity contribution in [1.82, 2.24) is 0 Å². The summed E-state index contributed by atoms with van der Waals surface area (Å²) in [6.07, 6.45) is 0. The number of hydrogen-bond donors (Lipinski definition) is 3.